The van der Waals surface area contributed by atoms with E-state index >= 15 is 0 Å². The summed E-state index contributed by atoms with van der Waals surface area (Å²) in [7, 11) is 0. The summed E-state index contributed by atoms with van der Waals surface area (Å²) in [6.07, 6.45) is 4.70. The van der Waals surface area contributed by atoms with Gasteiger partial charge in [-0.1, -0.05) is 18.2 Å². The van der Waals surface area contributed by atoms with Crippen LogP contribution < -0.4 is 4.90 Å². The average molecular weight is 440 g/mol. The Morgan fingerprint density at radius 3 is 2.48 bits per heavy atom. The number of rotatable bonds is 4. The van der Waals surface area contributed by atoms with Crippen LogP contribution in [0.25, 0.3) is 22.2 Å². The maximum absolute atomic E-state index is 13.5. The van der Waals surface area contributed by atoms with Crippen LogP contribution >= 0.6 is 0 Å². The van der Waals surface area contributed by atoms with Crippen molar-refractivity contribution in [1.82, 2.24) is 19.9 Å². The van der Waals surface area contributed by atoms with Crippen molar-refractivity contribution in [2.45, 2.75) is 0 Å². The van der Waals surface area contributed by atoms with Gasteiger partial charge in [0.05, 0.1) is 21.7 Å². The molecule has 1 amide bonds. The molecule has 3 aromatic heterocycles. The van der Waals surface area contributed by atoms with E-state index in [1.807, 2.05) is 52.3 Å². The van der Waals surface area contributed by atoms with Crippen LogP contribution in [-0.2, 0) is 0 Å². The molecule has 1 aromatic carbocycles. The number of piperazine rings is 1. The molecule has 1 aliphatic rings. The number of hydrogen-bond donors (Lipinski definition) is 0. The molecule has 4 heterocycles. The third kappa shape index (κ3) is 4.08. The van der Waals surface area contributed by atoms with E-state index < -0.39 is 4.92 Å². The van der Waals surface area contributed by atoms with Crippen molar-refractivity contribution < 1.29 is 9.72 Å². The van der Waals surface area contributed by atoms with E-state index in [4.69, 9.17) is 4.98 Å². The SMILES string of the molecule is O=C(c1cc(-c2cccnc2)nc2ccccc12)N1CCN(c2ccc([N+](=O)[O-])cn2)CC1. The van der Waals surface area contributed by atoms with Gasteiger partial charge in [0.2, 0.25) is 0 Å². The number of nitrogens with zero attached hydrogens (tertiary/aromatic N) is 6. The van der Waals surface area contributed by atoms with E-state index in [0.717, 1.165) is 16.5 Å². The Kier molecular flexibility index (Phi) is 5.35. The van der Waals surface area contributed by atoms with Crippen LogP contribution in [0.1, 0.15) is 10.4 Å². The highest BCUT2D eigenvalue weighted by Crippen LogP contribution is 2.26. The van der Waals surface area contributed by atoms with Gasteiger partial charge in [0, 0.05) is 55.6 Å². The molecule has 1 saturated heterocycles. The van der Waals surface area contributed by atoms with Crippen molar-refractivity contribution in [3.8, 4) is 11.3 Å². The Labute approximate surface area is 189 Å². The maximum atomic E-state index is 13.5. The first-order valence-corrected chi connectivity index (χ1v) is 10.5. The molecule has 0 saturated carbocycles. The summed E-state index contributed by atoms with van der Waals surface area (Å²) in [5, 5.41) is 11.7. The summed E-state index contributed by atoms with van der Waals surface area (Å²) in [6, 6.07) is 16.3. The molecule has 4 aromatic rings. The van der Waals surface area contributed by atoms with Crippen LogP contribution in [0.5, 0.6) is 0 Å². The number of aromatic nitrogens is 3. The number of hydrogen-bond acceptors (Lipinski definition) is 7. The molecule has 0 bridgehead atoms. The lowest BCUT2D eigenvalue weighted by Crippen LogP contribution is -2.49. The normalized spacial score (nSPS) is 13.8. The second-order valence-corrected chi connectivity index (χ2v) is 7.72. The van der Waals surface area contributed by atoms with Crippen LogP contribution in [0.15, 0.2) is 73.2 Å². The largest absolute Gasteiger partial charge is 0.353 e. The van der Waals surface area contributed by atoms with Gasteiger partial charge >= 0.3 is 0 Å². The molecule has 0 aliphatic carbocycles. The lowest BCUT2D eigenvalue weighted by molar-refractivity contribution is -0.385. The van der Waals surface area contributed by atoms with Crippen molar-refractivity contribution in [1.29, 1.82) is 0 Å². The minimum Gasteiger partial charge on any atom is -0.353 e. The van der Waals surface area contributed by atoms with Gasteiger partial charge in [-0.3, -0.25) is 19.9 Å². The van der Waals surface area contributed by atoms with Gasteiger partial charge in [0.1, 0.15) is 12.0 Å². The zero-order valence-corrected chi connectivity index (χ0v) is 17.7. The molecule has 9 nitrogen and oxygen atoms in total. The average Bonchev–Trinajstić information content (AvgIpc) is 2.88. The van der Waals surface area contributed by atoms with E-state index in [1.165, 1.54) is 12.3 Å². The number of amides is 1. The molecule has 0 radical (unpaired) electrons. The minimum absolute atomic E-state index is 0.0402. The molecule has 0 unspecified atom stereocenters. The summed E-state index contributed by atoms with van der Waals surface area (Å²) in [6.45, 7) is 2.23. The number of fused-ring (bicyclic) bond motifs is 1. The van der Waals surface area contributed by atoms with Gasteiger partial charge in [-0.05, 0) is 30.3 Å². The monoisotopic (exact) mass is 440 g/mol. The summed E-state index contributed by atoms with van der Waals surface area (Å²) in [5.74, 6) is 0.621. The van der Waals surface area contributed by atoms with E-state index in [0.29, 0.717) is 43.3 Å². The van der Waals surface area contributed by atoms with E-state index in [2.05, 4.69) is 9.97 Å². The van der Waals surface area contributed by atoms with Gasteiger partial charge in [0.25, 0.3) is 11.6 Å². The van der Waals surface area contributed by atoms with E-state index in [9.17, 15) is 14.9 Å². The molecule has 1 fully saturated rings. The molecule has 1 aliphatic heterocycles. The lowest BCUT2D eigenvalue weighted by atomic mass is 10.0. The first kappa shape index (κ1) is 20.5. The molecule has 33 heavy (non-hydrogen) atoms. The first-order chi connectivity index (χ1) is 16.1. The van der Waals surface area contributed by atoms with Crippen LogP contribution in [0.4, 0.5) is 11.5 Å². The number of carbonyl (C=O) groups excluding carboxylic acids is 1. The number of benzene rings is 1. The minimum atomic E-state index is -0.466. The third-order valence-electron chi connectivity index (χ3n) is 5.74. The Hall–Kier alpha value is -4.40. The maximum Gasteiger partial charge on any atom is 0.287 e. The third-order valence-corrected chi connectivity index (χ3v) is 5.74. The van der Waals surface area contributed by atoms with Crippen LogP contribution in [0, 0.1) is 10.1 Å². The fourth-order valence-electron chi connectivity index (χ4n) is 4.00. The predicted octanol–water partition coefficient (Wildman–Crippen LogP) is 3.56. The summed E-state index contributed by atoms with van der Waals surface area (Å²) >= 11 is 0. The van der Waals surface area contributed by atoms with Gasteiger partial charge in [-0.2, -0.15) is 0 Å². The second kappa shape index (κ2) is 8.62. The zero-order valence-electron chi connectivity index (χ0n) is 17.7. The quantitative estimate of drug-likeness (QED) is 0.353. The summed E-state index contributed by atoms with van der Waals surface area (Å²) < 4.78 is 0. The predicted molar refractivity (Wildman–Crippen MR) is 124 cm³/mol. The Morgan fingerprint density at radius 2 is 1.79 bits per heavy atom. The standard InChI is InChI=1S/C24H20N6O3/c31-24(29-12-10-28(11-13-29)23-8-7-18(16-26-23)30(32)33)20-14-22(17-4-3-9-25-15-17)27-21-6-2-1-5-19(20)21/h1-9,14-16H,10-13H2. The van der Waals surface area contributed by atoms with Gasteiger partial charge < -0.3 is 9.80 Å². The van der Waals surface area contributed by atoms with Crippen LogP contribution in [-0.4, -0.2) is 56.9 Å². The fraction of sp³-hybridized carbons (Fsp3) is 0.167. The smallest absolute Gasteiger partial charge is 0.287 e. The molecule has 0 N–H and O–H groups in total. The fourth-order valence-corrected chi connectivity index (χ4v) is 4.00. The molecule has 5 rings (SSSR count). The topological polar surface area (TPSA) is 105 Å². The first-order valence-electron chi connectivity index (χ1n) is 10.5. The van der Waals surface area contributed by atoms with Crippen LogP contribution in [0.2, 0.25) is 0 Å². The molecular weight excluding hydrogens is 420 g/mol. The highest BCUT2D eigenvalue weighted by Gasteiger charge is 2.25. The van der Waals surface area contributed by atoms with Crippen molar-refractivity contribution in [3.63, 3.8) is 0 Å². The number of anilines is 1. The second-order valence-electron chi connectivity index (χ2n) is 7.72. The van der Waals surface area contributed by atoms with Crippen LogP contribution in [0.3, 0.4) is 0 Å². The molecule has 9 heteroatoms. The van der Waals surface area contributed by atoms with Crippen molar-refractivity contribution in [3.05, 3.63) is 88.9 Å². The Bertz CT molecular complexity index is 1320. The number of nitro groups is 1. The van der Waals surface area contributed by atoms with Crippen molar-refractivity contribution in [2.24, 2.45) is 0 Å². The highest BCUT2D eigenvalue weighted by molar-refractivity contribution is 6.07. The van der Waals surface area contributed by atoms with E-state index in [-0.39, 0.29) is 11.6 Å². The van der Waals surface area contributed by atoms with Crippen molar-refractivity contribution in [2.75, 3.05) is 31.1 Å². The summed E-state index contributed by atoms with van der Waals surface area (Å²) in [4.78, 5) is 40.9. The number of pyridine rings is 3. The molecule has 164 valence electrons. The van der Waals surface area contributed by atoms with E-state index in [1.54, 1.807) is 18.5 Å². The van der Waals surface area contributed by atoms with Crippen molar-refractivity contribution >= 4 is 28.3 Å². The molecule has 0 atom stereocenters. The lowest BCUT2D eigenvalue weighted by Gasteiger charge is -2.35. The van der Waals surface area contributed by atoms with Gasteiger partial charge in [-0.25, -0.2) is 9.97 Å². The number of carbonyl (C=O) groups is 1. The highest BCUT2D eigenvalue weighted by atomic mass is 16.6. The zero-order chi connectivity index (χ0) is 22.8. The molecular formula is C24H20N6O3. The van der Waals surface area contributed by atoms with Gasteiger partial charge in [0.15, 0.2) is 0 Å². The summed E-state index contributed by atoms with van der Waals surface area (Å²) in [5.41, 5.74) is 2.89. The molecule has 0 spiro atoms. The van der Waals surface area contributed by atoms with Gasteiger partial charge in [-0.15, -0.1) is 0 Å². The Balaban J connectivity index is 1.39. The number of para-hydroxylation sites is 1. The Morgan fingerprint density at radius 1 is 0.970 bits per heavy atom.